The maximum Gasteiger partial charge on any atom is 0.266 e. The first kappa shape index (κ1) is 29.8. The Morgan fingerprint density at radius 1 is 1.11 bits per heavy atom. The number of rotatable bonds is 15. The number of thiocarbonyl (C=S) groups is 1. The molecular formula is C29H45NO3S3. The Hall–Kier alpha value is -0.760. The molecule has 202 valence electrons. The van der Waals surface area contributed by atoms with E-state index in [4.69, 9.17) is 17.0 Å². The highest BCUT2D eigenvalue weighted by atomic mass is 32.2. The van der Waals surface area contributed by atoms with Gasteiger partial charge in [0.05, 0.1) is 22.1 Å². The second kappa shape index (κ2) is 15.6. The van der Waals surface area contributed by atoms with Crippen LogP contribution in [-0.4, -0.2) is 55.4 Å². The van der Waals surface area contributed by atoms with Crippen LogP contribution < -0.4 is 0 Å². The quantitative estimate of drug-likeness (QED) is 0.183. The third-order valence-electron chi connectivity index (χ3n) is 7.36. The zero-order valence-electron chi connectivity index (χ0n) is 22.2. The van der Waals surface area contributed by atoms with Gasteiger partial charge in [-0.25, -0.2) is 0 Å². The lowest BCUT2D eigenvalue weighted by Crippen LogP contribution is -2.47. The molecule has 2 aliphatic rings. The number of ether oxygens (including phenoxy) is 1. The van der Waals surface area contributed by atoms with Gasteiger partial charge in [-0.3, -0.25) is 9.69 Å². The maximum atomic E-state index is 14.1. The molecule has 1 aromatic rings. The van der Waals surface area contributed by atoms with Gasteiger partial charge in [-0.15, -0.1) is 23.5 Å². The summed E-state index contributed by atoms with van der Waals surface area (Å²) in [6, 6.07) is 10.1. The minimum atomic E-state index is -0.667. The summed E-state index contributed by atoms with van der Waals surface area (Å²) in [5.41, 5.74) is 1.17. The number of hydrogen-bond donors (Lipinski definition) is 1. The smallest absolute Gasteiger partial charge is 0.266 e. The molecule has 0 spiro atoms. The van der Waals surface area contributed by atoms with E-state index in [1.807, 2.05) is 41.7 Å². The van der Waals surface area contributed by atoms with Gasteiger partial charge in [-0.1, -0.05) is 89.1 Å². The number of aliphatic hydroxyl groups excluding tert-OH is 1. The van der Waals surface area contributed by atoms with Crippen molar-refractivity contribution in [3.63, 3.8) is 0 Å². The molecule has 0 bridgehead atoms. The summed E-state index contributed by atoms with van der Waals surface area (Å²) in [6.07, 6.45) is 11.7. The van der Waals surface area contributed by atoms with Crippen molar-refractivity contribution < 1.29 is 14.6 Å². The Labute approximate surface area is 232 Å². The van der Waals surface area contributed by atoms with E-state index in [0.717, 1.165) is 43.6 Å². The second-order valence-electron chi connectivity index (χ2n) is 10.3. The minimum Gasteiger partial charge on any atom is -0.468 e. The van der Waals surface area contributed by atoms with E-state index in [2.05, 4.69) is 26.0 Å². The van der Waals surface area contributed by atoms with Gasteiger partial charge in [0, 0.05) is 0 Å². The van der Waals surface area contributed by atoms with Crippen LogP contribution in [0.2, 0.25) is 0 Å². The van der Waals surface area contributed by atoms with Crippen LogP contribution in [0.25, 0.3) is 0 Å². The predicted octanol–water partition coefficient (Wildman–Crippen LogP) is 7.23. The summed E-state index contributed by atoms with van der Waals surface area (Å²) in [5.74, 6) is 1.80. The minimum absolute atomic E-state index is 0.0141. The van der Waals surface area contributed by atoms with Crippen LogP contribution in [0, 0.1) is 5.92 Å². The fraction of sp³-hybridized carbons (Fsp3) is 0.724. The molecule has 2 aliphatic heterocycles. The van der Waals surface area contributed by atoms with Crippen molar-refractivity contribution in [2.24, 2.45) is 5.92 Å². The average Bonchev–Trinajstić information content (AvgIpc) is 3.24. The molecule has 3 atom stereocenters. The van der Waals surface area contributed by atoms with Crippen LogP contribution >= 0.6 is 35.7 Å². The van der Waals surface area contributed by atoms with Crippen LogP contribution in [0.1, 0.15) is 90.0 Å². The summed E-state index contributed by atoms with van der Waals surface area (Å²) >= 11 is 9.54. The number of nitrogens with zero attached hydrogens (tertiary/aromatic N) is 1. The highest BCUT2D eigenvalue weighted by molar-refractivity contribution is 8.18. The van der Waals surface area contributed by atoms with Crippen LogP contribution in [0.5, 0.6) is 0 Å². The molecule has 0 radical (unpaired) electrons. The molecule has 2 heterocycles. The van der Waals surface area contributed by atoms with E-state index < -0.39 is 12.0 Å². The van der Waals surface area contributed by atoms with Crippen molar-refractivity contribution in [3.8, 4) is 0 Å². The highest BCUT2D eigenvalue weighted by Gasteiger charge is 2.43. The molecule has 0 saturated carbocycles. The number of amides is 1. The SMILES string of the molecule is CCCCCC[C@H](C(=O)N1C(=S)OC[C@@H]1Cc1ccccc1)[C@H](O)CC1(CCCCC)SCCCS1. The normalized spacial score (nSPS) is 21.2. The Bertz CT molecular complexity index is 800. The van der Waals surface area contributed by atoms with E-state index >= 15 is 0 Å². The number of thioether (sulfide) groups is 2. The third-order valence-corrected chi connectivity index (χ3v) is 11.2. The second-order valence-corrected chi connectivity index (χ2v) is 13.8. The number of carbonyl (C=O) groups is 1. The largest absolute Gasteiger partial charge is 0.468 e. The van der Waals surface area contributed by atoms with Crippen LogP contribution in [0.4, 0.5) is 0 Å². The van der Waals surface area contributed by atoms with Gasteiger partial charge in [0.25, 0.3) is 5.17 Å². The molecule has 0 unspecified atom stereocenters. The van der Waals surface area contributed by atoms with Gasteiger partial charge >= 0.3 is 0 Å². The third kappa shape index (κ3) is 8.64. The number of benzene rings is 1. The van der Waals surface area contributed by atoms with Gasteiger partial charge in [-0.05, 0) is 61.4 Å². The molecule has 2 saturated heterocycles. The zero-order chi connectivity index (χ0) is 25.8. The fourth-order valence-electron chi connectivity index (χ4n) is 5.30. The Morgan fingerprint density at radius 3 is 2.50 bits per heavy atom. The Balaban J connectivity index is 1.76. The predicted molar refractivity (Wildman–Crippen MR) is 159 cm³/mol. The van der Waals surface area contributed by atoms with Crippen molar-refractivity contribution in [3.05, 3.63) is 35.9 Å². The molecule has 1 N–H and O–H groups in total. The van der Waals surface area contributed by atoms with Crippen molar-refractivity contribution in [1.82, 2.24) is 4.90 Å². The topological polar surface area (TPSA) is 49.8 Å². The molecule has 2 fully saturated rings. The number of hydrogen-bond acceptors (Lipinski definition) is 6. The average molecular weight is 552 g/mol. The first-order valence-electron chi connectivity index (χ1n) is 14.0. The monoisotopic (exact) mass is 551 g/mol. The number of unbranched alkanes of at least 4 members (excludes halogenated alkanes) is 5. The number of carbonyl (C=O) groups excluding carboxylic acids is 1. The van der Waals surface area contributed by atoms with Gasteiger partial charge in [0.2, 0.25) is 5.91 Å². The fourth-order valence-corrected chi connectivity index (χ4v) is 9.10. The molecule has 4 nitrogen and oxygen atoms in total. The van der Waals surface area contributed by atoms with Crippen LogP contribution in [-0.2, 0) is 16.0 Å². The summed E-state index contributed by atoms with van der Waals surface area (Å²) in [5, 5.41) is 11.9. The van der Waals surface area contributed by atoms with E-state index in [0.29, 0.717) is 25.9 Å². The first-order valence-corrected chi connectivity index (χ1v) is 16.4. The first-order chi connectivity index (χ1) is 17.5. The molecule has 1 aromatic carbocycles. The molecule has 1 amide bonds. The molecule has 0 aromatic heterocycles. The van der Waals surface area contributed by atoms with Crippen molar-refractivity contribution in [1.29, 1.82) is 0 Å². The lowest BCUT2D eigenvalue weighted by atomic mass is 9.89. The maximum absolute atomic E-state index is 14.1. The van der Waals surface area contributed by atoms with E-state index in [-0.39, 0.29) is 21.2 Å². The van der Waals surface area contributed by atoms with Gasteiger partial charge in [-0.2, -0.15) is 0 Å². The van der Waals surface area contributed by atoms with E-state index in [1.165, 1.54) is 31.2 Å². The van der Waals surface area contributed by atoms with Gasteiger partial charge in [0.1, 0.15) is 6.61 Å². The molecule has 7 heteroatoms. The van der Waals surface area contributed by atoms with Crippen molar-refractivity contribution in [2.45, 2.75) is 107 Å². The summed E-state index contributed by atoms with van der Waals surface area (Å²) < 4.78 is 5.74. The summed E-state index contributed by atoms with van der Waals surface area (Å²) in [6.45, 7) is 4.86. The Kier molecular flexibility index (Phi) is 12.9. The zero-order valence-corrected chi connectivity index (χ0v) is 24.6. The van der Waals surface area contributed by atoms with Crippen molar-refractivity contribution >= 4 is 46.8 Å². The van der Waals surface area contributed by atoms with Gasteiger partial charge < -0.3 is 9.84 Å². The van der Waals surface area contributed by atoms with E-state index in [1.54, 1.807) is 4.90 Å². The highest BCUT2D eigenvalue weighted by Crippen LogP contribution is 2.50. The Morgan fingerprint density at radius 2 is 1.81 bits per heavy atom. The molecular weight excluding hydrogens is 507 g/mol. The van der Waals surface area contributed by atoms with Crippen molar-refractivity contribution in [2.75, 3.05) is 18.1 Å². The summed E-state index contributed by atoms with van der Waals surface area (Å²) in [7, 11) is 0. The lowest BCUT2D eigenvalue weighted by Gasteiger charge is -2.39. The van der Waals surface area contributed by atoms with Crippen LogP contribution in [0.3, 0.4) is 0 Å². The van der Waals surface area contributed by atoms with E-state index in [9.17, 15) is 9.90 Å². The number of aliphatic hydroxyl groups is 1. The summed E-state index contributed by atoms with van der Waals surface area (Å²) in [4.78, 5) is 15.7. The standard InChI is InChI=1S/C29H45NO3S3/c1-3-5-7-11-16-25(26(31)21-29(17-12-6-4-2)35-18-13-19-36-29)27(32)30-24(22-33-28(30)34)20-23-14-9-8-10-15-23/h8-10,14-15,24-26,31H,3-7,11-13,16-22H2,1-2H3/t24-,25-,26+/m0/s1. The molecule has 0 aliphatic carbocycles. The van der Waals surface area contributed by atoms with Gasteiger partial charge in [0.15, 0.2) is 0 Å². The molecule has 3 rings (SSSR count). The lowest BCUT2D eigenvalue weighted by molar-refractivity contribution is -0.136. The molecule has 36 heavy (non-hydrogen) atoms. The van der Waals surface area contributed by atoms with Crippen LogP contribution in [0.15, 0.2) is 30.3 Å².